The van der Waals surface area contributed by atoms with E-state index in [0.717, 1.165) is 0 Å². The van der Waals surface area contributed by atoms with Gasteiger partial charge in [-0.1, -0.05) is 0 Å². The van der Waals surface area contributed by atoms with E-state index in [1.807, 2.05) is 0 Å². The maximum Gasteiger partial charge on any atom is 0.461 e. The third-order valence-electron chi connectivity index (χ3n) is 1.06. The third-order valence-corrected chi connectivity index (χ3v) is 1.99. The number of nitrogens with one attached hydrogen (secondary N) is 1. The highest BCUT2D eigenvalue weighted by molar-refractivity contribution is 7.89. The van der Waals surface area contributed by atoms with Crippen molar-refractivity contribution in [1.82, 2.24) is 5.14 Å². The zero-order valence-electron chi connectivity index (χ0n) is 5.87. The van der Waals surface area contributed by atoms with E-state index in [1.54, 1.807) is 0 Å². The minimum Gasteiger partial charge on any atom is -0.204 e. The Labute approximate surface area is 72.7 Å². The summed E-state index contributed by atoms with van der Waals surface area (Å²) in [5.74, 6) is -6.79. The lowest BCUT2D eigenvalue weighted by atomic mass is 10.3. The van der Waals surface area contributed by atoms with Gasteiger partial charge in [0.25, 0.3) is 10.0 Å². The van der Waals surface area contributed by atoms with Crippen LogP contribution in [0.2, 0.25) is 0 Å². The molecule has 1 radical (unpaired) electrons. The largest absolute Gasteiger partial charge is 0.461 e. The first kappa shape index (κ1) is 13.4. The molecule has 0 saturated carbocycles. The maximum absolute atomic E-state index is 12.0. The smallest absolute Gasteiger partial charge is 0.204 e. The van der Waals surface area contributed by atoms with E-state index >= 15 is 0 Å². The van der Waals surface area contributed by atoms with Crippen molar-refractivity contribution < 1.29 is 39.2 Å². The number of alkyl halides is 7. The highest BCUT2D eigenvalue weighted by Crippen LogP contribution is 2.48. The fraction of sp³-hybridized carbons (Fsp3) is 1.00. The van der Waals surface area contributed by atoms with Crippen molar-refractivity contribution in [2.75, 3.05) is 0 Å². The van der Waals surface area contributed by atoms with Crippen LogP contribution in [-0.4, -0.2) is 25.8 Å². The summed E-state index contributed by atoms with van der Waals surface area (Å²) in [6.07, 6.45) is -6.75. The topological polar surface area (TPSA) is 57.9 Å². The van der Waals surface area contributed by atoms with Crippen LogP contribution in [0.25, 0.3) is 0 Å². The van der Waals surface area contributed by atoms with E-state index in [9.17, 15) is 39.2 Å². The maximum atomic E-state index is 12.0. The summed E-state index contributed by atoms with van der Waals surface area (Å²) in [7, 11) is -6.60. The summed E-state index contributed by atoms with van der Waals surface area (Å²) in [4.78, 5) is 0. The molecule has 0 aliphatic rings. The molecule has 0 fully saturated rings. The third kappa shape index (κ3) is 1.78. The molecule has 0 aromatic carbocycles. The van der Waals surface area contributed by atoms with Crippen LogP contribution in [0.5, 0.6) is 0 Å². The van der Waals surface area contributed by atoms with Crippen LogP contribution >= 0.6 is 0 Å². The van der Waals surface area contributed by atoms with Gasteiger partial charge in [0.05, 0.1) is 0 Å². The lowest BCUT2D eigenvalue weighted by molar-refractivity contribution is -0.332. The van der Waals surface area contributed by atoms with Gasteiger partial charge in [-0.2, -0.15) is 30.7 Å². The van der Waals surface area contributed by atoms with Crippen LogP contribution < -0.4 is 5.14 Å². The molecule has 0 saturated heterocycles. The fourth-order valence-electron chi connectivity index (χ4n) is 0.334. The molecule has 1 N–H and O–H groups in total. The summed E-state index contributed by atoms with van der Waals surface area (Å²) in [6, 6.07) is 0. The lowest BCUT2D eigenvalue weighted by Crippen LogP contribution is -2.56. The van der Waals surface area contributed by atoms with E-state index < -0.39 is 27.4 Å². The molecule has 0 spiro atoms. The van der Waals surface area contributed by atoms with Gasteiger partial charge >= 0.3 is 17.4 Å². The fourth-order valence-corrected chi connectivity index (χ4v) is 0.787. The Morgan fingerprint density at radius 1 is 0.857 bits per heavy atom. The van der Waals surface area contributed by atoms with Crippen LogP contribution in [0.1, 0.15) is 0 Å². The van der Waals surface area contributed by atoms with Crippen molar-refractivity contribution in [3.05, 3.63) is 0 Å². The number of rotatable bonds is 2. The molecular formula is C3HF7NO2S. The van der Waals surface area contributed by atoms with Crippen LogP contribution in [0.4, 0.5) is 30.7 Å². The normalized spacial score (nSPS) is 15.7. The lowest BCUT2D eigenvalue weighted by Gasteiger charge is -2.25. The van der Waals surface area contributed by atoms with Gasteiger partial charge in [0, 0.05) is 0 Å². The van der Waals surface area contributed by atoms with Gasteiger partial charge in [-0.3, -0.25) is 0 Å². The van der Waals surface area contributed by atoms with Crippen molar-refractivity contribution in [2.45, 2.75) is 17.4 Å². The van der Waals surface area contributed by atoms with Crippen molar-refractivity contribution >= 4 is 10.0 Å². The Hall–Kier alpha value is -0.580. The van der Waals surface area contributed by atoms with Crippen molar-refractivity contribution in [2.24, 2.45) is 0 Å². The Morgan fingerprint density at radius 3 is 1.21 bits per heavy atom. The van der Waals surface area contributed by atoms with Crippen molar-refractivity contribution in [3.8, 4) is 0 Å². The molecule has 0 aromatic heterocycles. The summed E-state index contributed by atoms with van der Waals surface area (Å²) in [5, 5.41) is -0.989. The minimum atomic E-state index is -6.79. The van der Waals surface area contributed by atoms with Crippen LogP contribution in [0.3, 0.4) is 0 Å². The molecule has 0 unspecified atom stereocenters. The molecule has 0 amide bonds. The van der Waals surface area contributed by atoms with Gasteiger partial charge in [0.2, 0.25) is 0 Å². The van der Waals surface area contributed by atoms with Gasteiger partial charge in [0.15, 0.2) is 0 Å². The summed E-state index contributed by atoms with van der Waals surface area (Å²) >= 11 is 0. The Morgan fingerprint density at radius 2 is 1.14 bits per heavy atom. The molecule has 0 aliphatic heterocycles. The average Bonchev–Trinajstić information content (AvgIpc) is 1.81. The van der Waals surface area contributed by atoms with Crippen LogP contribution in [0.15, 0.2) is 0 Å². The zero-order chi connectivity index (χ0) is 12.0. The second-order valence-corrected chi connectivity index (χ2v) is 3.61. The van der Waals surface area contributed by atoms with E-state index in [2.05, 4.69) is 0 Å². The highest BCUT2D eigenvalue weighted by Gasteiger charge is 2.78. The molecule has 0 aromatic rings. The molecule has 14 heavy (non-hydrogen) atoms. The van der Waals surface area contributed by atoms with E-state index in [4.69, 9.17) is 5.14 Å². The zero-order valence-corrected chi connectivity index (χ0v) is 6.69. The first-order chi connectivity index (χ1) is 5.75. The standard InChI is InChI=1S/C3HF7NO2S/c4-1(5,2(6,7)8)3(9,10)14(11,12)13/h11H. The summed E-state index contributed by atoms with van der Waals surface area (Å²) in [5.41, 5.74) is 0. The molecular weight excluding hydrogens is 247 g/mol. The molecule has 0 rings (SSSR count). The molecule has 0 heterocycles. The number of hydrogen-bond donors (Lipinski definition) is 0. The van der Waals surface area contributed by atoms with Crippen molar-refractivity contribution in [3.63, 3.8) is 0 Å². The van der Waals surface area contributed by atoms with Gasteiger partial charge in [-0.15, -0.1) is 5.14 Å². The molecule has 0 bridgehead atoms. The monoisotopic (exact) mass is 248 g/mol. The van der Waals surface area contributed by atoms with Crippen LogP contribution in [0, 0.1) is 0 Å². The predicted molar refractivity (Wildman–Crippen MR) is 28.0 cm³/mol. The molecule has 0 aliphatic carbocycles. The second kappa shape index (κ2) is 2.95. The minimum absolute atomic E-state index is 5.51. The van der Waals surface area contributed by atoms with Gasteiger partial charge in [0.1, 0.15) is 0 Å². The average molecular weight is 248 g/mol. The van der Waals surface area contributed by atoms with Crippen LogP contribution in [-0.2, 0) is 10.0 Å². The quantitative estimate of drug-likeness (QED) is 0.693. The highest BCUT2D eigenvalue weighted by atomic mass is 32.2. The molecule has 11 heteroatoms. The van der Waals surface area contributed by atoms with Gasteiger partial charge in [-0.05, 0) is 0 Å². The number of hydrogen-bond acceptors (Lipinski definition) is 2. The first-order valence-electron chi connectivity index (χ1n) is 2.56. The summed E-state index contributed by atoms with van der Waals surface area (Å²) < 4.78 is 101. The Balaban J connectivity index is 5.54. The van der Waals surface area contributed by atoms with Crippen molar-refractivity contribution in [1.29, 1.82) is 0 Å². The summed E-state index contributed by atoms with van der Waals surface area (Å²) in [6.45, 7) is 0. The second-order valence-electron chi connectivity index (χ2n) is 2.09. The van der Waals surface area contributed by atoms with E-state index in [0.29, 0.717) is 0 Å². The number of sulfonamides is 1. The van der Waals surface area contributed by atoms with E-state index in [-0.39, 0.29) is 0 Å². The number of halogens is 7. The molecule has 85 valence electrons. The molecule has 3 nitrogen and oxygen atoms in total. The first-order valence-corrected chi connectivity index (χ1v) is 4.05. The van der Waals surface area contributed by atoms with Gasteiger partial charge in [-0.25, -0.2) is 8.42 Å². The van der Waals surface area contributed by atoms with E-state index in [1.165, 1.54) is 0 Å². The Bertz CT molecular complexity index is 316. The predicted octanol–water partition coefficient (Wildman–Crippen LogP) is 1.39. The van der Waals surface area contributed by atoms with Gasteiger partial charge < -0.3 is 0 Å². The molecule has 0 atom stereocenters. The Kier molecular flexibility index (Phi) is 2.83. The SMILES string of the molecule is [NH]S(=O)(=O)C(F)(F)C(F)(F)C(F)(F)F.